The van der Waals surface area contributed by atoms with Gasteiger partial charge in [-0.25, -0.2) is 4.39 Å². The summed E-state index contributed by atoms with van der Waals surface area (Å²) in [4.78, 5) is 14.9. The van der Waals surface area contributed by atoms with E-state index in [0.717, 1.165) is 12.1 Å². The van der Waals surface area contributed by atoms with Gasteiger partial charge in [0, 0.05) is 31.9 Å². The second-order valence-corrected chi connectivity index (χ2v) is 4.92. The van der Waals surface area contributed by atoms with Crippen LogP contribution < -0.4 is 5.73 Å². The zero-order valence-corrected chi connectivity index (χ0v) is 11.2. The SMILES string of the molecule is Nc1cc(F)ccc1C(=O)N1CCN(CC(F)(F)F)CC1. The minimum Gasteiger partial charge on any atom is -0.398 e. The molecule has 1 aliphatic rings. The number of benzene rings is 1. The zero-order valence-electron chi connectivity index (χ0n) is 11.2. The fourth-order valence-electron chi connectivity index (χ4n) is 2.26. The maximum atomic E-state index is 12.9. The Hall–Kier alpha value is -1.83. The van der Waals surface area contributed by atoms with Crippen molar-refractivity contribution in [2.24, 2.45) is 0 Å². The molecule has 1 amide bonds. The van der Waals surface area contributed by atoms with Crippen LogP contribution >= 0.6 is 0 Å². The molecule has 1 saturated heterocycles. The van der Waals surface area contributed by atoms with E-state index in [4.69, 9.17) is 5.73 Å². The van der Waals surface area contributed by atoms with Crippen LogP contribution in [0.4, 0.5) is 23.2 Å². The van der Waals surface area contributed by atoms with Crippen LogP contribution in [-0.2, 0) is 0 Å². The Morgan fingerprint density at radius 2 is 1.81 bits per heavy atom. The van der Waals surface area contributed by atoms with Gasteiger partial charge in [0.2, 0.25) is 0 Å². The average Bonchev–Trinajstić information content (AvgIpc) is 2.37. The molecule has 0 atom stereocenters. The van der Waals surface area contributed by atoms with E-state index in [2.05, 4.69) is 0 Å². The summed E-state index contributed by atoms with van der Waals surface area (Å²) in [5.41, 5.74) is 5.79. The highest BCUT2D eigenvalue weighted by Crippen LogP contribution is 2.20. The minimum atomic E-state index is -4.24. The molecule has 0 aliphatic carbocycles. The molecule has 0 spiro atoms. The van der Waals surface area contributed by atoms with Crippen molar-refractivity contribution in [3.8, 4) is 0 Å². The van der Waals surface area contributed by atoms with Gasteiger partial charge in [-0.1, -0.05) is 0 Å². The van der Waals surface area contributed by atoms with Gasteiger partial charge in [-0.3, -0.25) is 9.69 Å². The molecule has 116 valence electrons. The van der Waals surface area contributed by atoms with E-state index < -0.39 is 18.5 Å². The van der Waals surface area contributed by atoms with Crippen LogP contribution in [0.5, 0.6) is 0 Å². The number of nitrogens with two attached hydrogens (primary N) is 1. The monoisotopic (exact) mass is 305 g/mol. The summed E-state index contributed by atoms with van der Waals surface area (Å²) in [5, 5.41) is 0. The number of halogens is 4. The molecule has 0 radical (unpaired) electrons. The highest BCUT2D eigenvalue weighted by molar-refractivity contribution is 5.99. The molecular weight excluding hydrogens is 290 g/mol. The van der Waals surface area contributed by atoms with Crippen LogP contribution in [0.25, 0.3) is 0 Å². The third-order valence-corrected chi connectivity index (χ3v) is 3.31. The molecule has 2 N–H and O–H groups in total. The fraction of sp³-hybridized carbons (Fsp3) is 0.462. The van der Waals surface area contributed by atoms with E-state index in [1.54, 1.807) is 0 Å². The number of piperazine rings is 1. The first-order valence-electron chi connectivity index (χ1n) is 6.40. The summed E-state index contributed by atoms with van der Waals surface area (Å²) in [6.07, 6.45) is -4.24. The lowest BCUT2D eigenvalue weighted by Gasteiger charge is -2.35. The average molecular weight is 305 g/mol. The molecule has 1 aromatic carbocycles. The van der Waals surface area contributed by atoms with Gasteiger partial charge < -0.3 is 10.6 Å². The smallest absolute Gasteiger partial charge is 0.398 e. The van der Waals surface area contributed by atoms with Crippen molar-refractivity contribution in [1.82, 2.24) is 9.80 Å². The van der Waals surface area contributed by atoms with E-state index in [-0.39, 0.29) is 43.3 Å². The number of amides is 1. The van der Waals surface area contributed by atoms with E-state index in [1.165, 1.54) is 15.9 Å². The maximum Gasteiger partial charge on any atom is 0.401 e. The van der Waals surface area contributed by atoms with Crippen LogP contribution in [0.2, 0.25) is 0 Å². The second kappa shape index (κ2) is 5.88. The van der Waals surface area contributed by atoms with Crippen molar-refractivity contribution in [3.05, 3.63) is 29.6 Å². The number of anilines is 1. The van der Waals surface area contributed by atoms with Crippen molar-refractivity contribution in [2.45, 2.75) is 6.18 Å². The molecule has 0 unspecified atom stereocenters. The number of carbonyl (C=O) groups excluding carboxylic acids is 1. The number of hydrogen-bond acceptors (Lipinski definition) is 3. The Morgan fingerprint density at radius 3 is 2.33 bits per heavy atom. The number of alkyl halides is 3. The van der Waals surface area contributed by atoms with Crippen LogP contribution in [-0.4, -0.2) is 54.6 Å². The van der Waals surface area contributed by atoms with Crippen LogP contribution in [0.1, 0.15) is 10.4 Å². The molecule has 1 aromatic rings. The first-order chi connectivity index (χ1) is 9.76. The van der Waals surface area contributed by atoms with Gasteiger partial charge in [0.25, 0.3) is 5.91 Å². The molecule has 4 nitrogen and oxygen atoms in total. The first-order valence-corrected chi connectivity index (χ1v) is 6.40. The normalized spacial score (nSPS) is 17.0. The highest BCUT2D eigenvalue weighted by Gasteiger charge is 2.33. The van der Waals surface area contributed by atoms with Crippen LogP contribution in [0.15, 0.2) is 18.2 Å². The Bertz CT molecular complexity index is 525. The van der Waals surface area contributed by atoms with Crippen molar-refractivity contribution < 1.29 is 22.4 Å². The molecule has 2 rings (SSSR count). The van der Waals surface area contributed by atoms with E-state index in [1.807, 2.05) is 0 Å². The molecule has 1 fully saturated rings. The predicted molar refractivity (Wildman–Crippen MR) is 69.2 cm³/mol. The van der Waals surface area contributed by atoms with Crippen molar-refractivity contribution in [1.29, 1.82) is 0 Å². The molecule has 8 heteroatoms. The van der Waals surface area contributed by atoms with E-state index >= 15 is 0 Å². The summed E-state index contributed by atoms with van der Waals surface area (Å²) in [6, 6.07) is 3.46. The lowest BCUT2D eigenvalue weighted by atomic mass is 10.1. The van der Waals surface area contributed by atoms with E-state index in [9.17, 15) is 22.4 Å². The molecule has 1 aliphatic heterocycles. The standard InChI is InChI=1S/C13H15F4N3O/c14-9-1-2-10(11(18)7-9)12(21)20-5-3-19(4-6-20)8-13(15,16)17/h1-2,7H,3-6,8,18H2. The van der Waals surface area contributed by atoms with Gasteiger partial charge in [-0.05, 0) is 18.2 Å². The Morgan fingerprint density at radius 1 is 1.19 bits per heavy atom. The Balaban J connectivity index is 1.97. The Kier molecular flexibility index (Phi) is 4.36. The molecular formula is C13H15F4N3O. The van der Waals surface area contributed by atoms with Gasteiger partial charge in [0.05, 0.1) is 12.1 Å². The summed E-state index contributed by atoms with van der Waals surface area (Å²) in [6.45, 7) is -0.316. The number of carbonyl (C=O) groups is 1. The van der Waals surface area contributed by atoms with Gasteiger partial charge in [-0.2, -0.15) is 13.2 Å². The Labute approximate surface area is 119 Å². The maximum absolute atomic E-state index is 12.9. The minimum absolute atomic E-state index is 0.0257. The number of rotatable bonds is 2. The van der Waals surface area contributed by atoms with Gasteiger partial charge in [0.15, 0.2) is 0 Å². The first kappa shape index (κ1) is 15.6. The van der Waals surface area contributed by atoms with Crippen molar-refractivity contribution in [2.75, 3.05) is 38.5 Å². The van der Waals surface area contributed by atoms with Gasteiger partial charge >= 0.3 is 6.18 Å². The summed E-state index contributed by atoms with van der Waals surface area (Å²) in [5.74, 6) is -0.932. The lowest BCUT2D eigenvalue weighted by molar-refractivity contribution is -0.148. The molecule has 0 bridgehead atoms. The lowest BCUT2D eigenvalue weighted by Crippen LogP contribution is -2.51. The van der Waals surface area contributed by atoms with E-state index in [0.29, 0.717) is 0 Å². The van der Waals surface area contributed by atoms with Crippen molar-refractivity contribution >= 4 is 11.6 Å². The number of nitrogens with zero attached hydrogens (tertiary/aromatic N) is 2. The number of hydrogen-bond donors (Lipinski definition) is 1. The topological polar surface area (TPSA) is 49.6 Å². The molecule has 0 saturated carbocycles. The quantitative estimate of drug-likeness (QED) is 0.669. The highest BCUT2D eigenvalue weighted by atomic mass is 19.4. The third-order valence-electron chi connectivity index (χ3n) is 3.31. The van der Waals surface area contributed by atoms with Crippen LogP contribution in [0, 0.1) is 5.82 Å². The van der Waals surface area contributed by atoms with Gasteiger partial charge in [-0.15, -0.1) is 0 Å². The third kappa shape index (κ3) is 4.07. The summed E-state index contributed by atoms with van der Waals surface area (Å²) in [7, 11) is 0. The molecule has 1 heterocycles. The van der Waals surface area contributed by atoms with Gasteiger partial charge in [0.1, 0.15) is 5.82 Å². The molecule has 21 heavy (non-hydrogen) atoms. The largest absolute Gasteiger partial charge is 0.401 e. The van der Waals surface area contributed by atoms with Crippen molar-refractivity contribution in [3.63, 3.8) is 0 Å². The van der Waals surface area contributed by atoms with Crippen LogP contribution in [0.3, 0.4) is 0 Å². The number of nitrogen functional groups attached to an aromatic ring is 1. The second-order valence-electron chi connectivity index (χ2n) is 4.92. The summed E-state index contributed by atoms with van der Waals surface area (Å²) >= 11 is 0. The zero-order chi connectivity index (χ0) is 15.6. The predicted octanol–water partition coefficient (Wildman–Crippen LogP) is 1.73. The summed E-state index contributed by atoms with van der Waals surface area (Å²) < 4.78 is 49.8. The molecule has 0 aromatic heterocycles. The fourth-order valence-corrected chi connectivity index (χ4v) is 2.26.